The maximum absolute atomic E-state index is 5.06. The molecule has 1 nitrogen and oxygen atoms in total. The van der Waals surface area contributed by atoms with E-state index in [0.29, 0.717) is 0 Å². The summed E-state index contributed by atoms with van der Waals surface area (Å²) in [6, 6.07) is 2.23. The first kappa shape index (κ1) is 9.75. The van der Waals surface area contributed by atoms with E-state index in [1.165, 1.54) is 10.4 Å². The van der Waals surface area contributed by atoms with E-state index in [1.807, 2.05) is 0 Å². The number of hydrogen-bond acceptors (Lipinski definition) is 2. The van der Waals surface area contributed by atoms with Gasteiger partial charge in [0.25, 0.3) is 0 Å². The normalized spacial score (nSPS) is 12.0. The maximum Gasteiger partial charge on any atom is 0.0805 e. The molecule has 0 aliphatic carbocycles. The van der Waals surface area contributed by atoms with Gasteiger partial charge in [-0.3, -0.25) is 0 Å². The zero-order valence-electron chi connectivity index (χ0n) is 8.18. The minimum Gasteiger partial charge on any atom is -0.379 e. The first-order valence-corrected chi connectivity index (χ1v) is 4.99. The topological polar surface area (TPSA) is 9.23 Å². The highest BCUT2D eigenvalue weighted by molar-refractivity contribution is 7.10. The molecule has 0 bridgehead atoms. The summed E-state index contributed by atoms with van der Waals surface area (Å²) in [5.41, 5.74) is 1.67. The summed E-state index contributed by atoms with van der Waals surface area (Å²) in [6.07, 6.45) is 0. The molecule has 0 unspecified atom stereocenters. The minimum absolute atomic E-state index is 0.266. The van der Waals surface area contributed by atoms with Crippen LogP contribution < -0.4 is 0 Å². The fraction of sp³-hybridized carbons (Fsp3) is 0.600. The molecule has 0 radical (unpaired) electrons. The number of ether oxygens (including phenoxy) is 1. The lowest BCUT2D eigenvalue weighted by Crippen LogP contribution is -2.09. The highest BCUT2D eigenvalue weighted by atomic mass is 32.1. The second-order valence-electron chi connectivity index (χ2n) is 3.98. The summed E-state index contributed by atoms with van der Waals surface area (Å²) in [5.74, 6) is 0. The quantitative estimate of drug-likeness (QED) is 0.686. The van der Waals surface area contributed by atoms with Crippen molar-refractivity contribution in [3.63, 3.8) is 0 Å². The molecule has 1 aromatic heterocycles. The molecule has 1 rings (SSSR count). The van der Waals surface area contributed by atoms with Crippen molar-refractivity contribution in [1.29, 1.82) is 0 Å². The SMILES string of the molecule is COCc1cc(C(C)(C)C)cs1. The van der Waals surface area contributed by atoms with Crippen molar-refractivity contribution in [2.75, 3.05) is 7.11 Å². The molecule has 0 saturated carbocycles. The summed E-state index contributed by atoms with van der Waals surface area (Å²) in [4.78, 5) is 1.31. The highest BCUT2D eigenvalue weighted by Crippen LogP contribution is 2.27. The van der Waals surface area contributed by atoms with E-state index in [4.69, 9.17) is 4.74 Å². The fourth-order valence-corrected chi connectivity index (χ4v) is 2.07. The number of methoxy groups -OCH3 is 1. The molecule has 0 aromatic carbocycles. The predicted molar refractivity (Wildman–Crippen MR) is 53.7 cm³/mol. The average Bonchev–Trinajstić information content (AvgIpc) is 2.35. The zero-order valence-corrected chi connectivity index (χ0v) is 8.99. The molecule has 0 aliphatic rings. The van der Waals surface area contributed by atoms with Crippen LogP contribution in [0.25, 0.3) is 0 Å². The monoisotopic (exact) mass is 184 g/mol. The first-order chi connectivity index (χ1) is 5.54. The predicted octanol–water partition coefficient (Wildman–Crippen LogP) is 3.19. The van der Waals surface area contributed by atoms with Crippen LogP contribution in [-0.2, 0) is 16.8 Å². The van der Waals surface area contributed by atoms with Crippen LogP contribution in [0.3, 0.4) is 0 Å². The molecule has 0 spiro atoms. The Morgan fingerprint density at radius 1 is 1.42 bits per heavy atom. The number of rotatable bonds is 2. The van der Waals surface area contributed by atoms with Gasteiger partial charge in [0.1, 0.15) is 0 Å². The standard InChI is InChI=1S/C10H16OS/c1-10(2,3)8-5-9(6-11-4)12-7-8/h5,7H,6H2,1-4H3. The van der Waals surface area contributed by atoms with E-state index >= 15 is 0 Å². The van der Waals surface area contributed by atoms with E-state index < -0.39 is 0 Å². The van der Waals surface area contributed by atoms with Crippen LogP contribution in [0.1, 0.15) is 31.2 Å². The lowest BCUT2D eigenvalue weighted by molar-refractivity contribution is 0.187. The van der Waals surface area contributed by atoms with Gasteiger partial charge in [-0.25, -0.2) is 0 Å². The molecule has 0 N–H and O–H groups in total. The van der Waals surface area contributed by atoms with Crippen LogP contribution in [0.2, 0.25) is 0 Å². The van der Waals surface area contributed by atoms with Gasteiger partial charge in [0.05, 0.1) is 6.61 Å². The molecule has 0 atom stereocenters. The molecular weight excluding hydrogens is 168 g/mol. The molecule has 0 amide bonds. The Bertz CT molecular complexity index is 245. The third kappa shape index (κ3) is 2.32. The van der Waals surface area contributed by atoms with E-state index in [9.17, 15) is 0 Å². The molecule has 1 aromatic rings. The smallest absolute Gasteiger partial charge is 0.0805 e. The molecule has 0 aliphatic heterocycles. The van der Waals surface area contributed by atoms with Gasteiger partial charge in [0.2, 0.25) is 0 Å². The van der Waals surface area contributed by atoms with E-state index in [-0.39, 0.29) is 5.41 Å². The van der Waals surface area contributed by atoms with Gasteiger partial charge in [-0.05, 0) is 22.4 Å². The molecule has 0 fully saturated rings. The maximum atomic E-state index is 5.06. The van der Waals surface area contributed by atoms with E-state index in [0.717, 1.165) is 6.61 Å². The van der Waals surface area contributed by atoms with E-state index in [1.54, 1.807) is 18.4 Å². The van der Waals surface area contributed by atoms with Gasteiger partial charge >= 0.3 is 0 Å². The third-order valence-corrected chi connectivity index (χ3v) is 2.72. The van der Waals surface area contributed by atoms with Crippen molar-refractivity contribution in [2.24, 2.45) is 0 Å². The Morgan fingerprint density at radius 2 is 2.08 bits per heavy atom. The molecule has 1 heterocycles. The van der Waals surface area contributed by atoms with Gasteiger partial charge in [-0.2, -0.15) is 0 Å². The summed E-state index contributed by atoms with van der Waals surface area (Å²) in [5, 5.41) is 2.22. The summed E-state index contributed by atoms with van der Waals surface area (Å²) >= 11 is 1.78. The van der Waals surface area contributed by atoms with Crippen LogP contribution >= 0.6 is 11.3 Å². The molecule has 68 valence electrons. The van der Waals surface area contributed by atoms with Gasteiger partial charge in [0.15, 0.2) is 0 Å². The first-order valence-electron chi connectivity index (χ1n) is 4.11. The average molecular weight is 184 g/mol. The highest BCUT2D eigenvalue weighted by Gasteiger charge is 2.14. The van der Waals surface area contributed by atoms with Crippen LogP contribution in [0.4, 0.5) is 0 Å². The van der Waals surface area contributed by atoms with Crippen molar-refractivity contribution < 1.29 is 4.74 Å². The van der Waals surface area contributed by atoms with Crippen LogP contribution in [0, 0.1) is 0 Å². The van der Waals surface area contributed by atoms with Crippen molar-refractivity contribution in [3.05, 3.63) is 21.9 Å². The fourth-order valence-electron chi connectivity index (χ4n) is 0.992. The van der Waals surface area contributed by atoms with E-state index in [2.05, 4.69) is 32.2 Å². The largest absolute Gasteiger partial charge is 0.379 e. The Hall–Kier alpha value is -0.340. The minimum atomic E-state index is 0.266. The second-order valence-corrected chi connectivity index (χ2v) is 4.98. The molecule has 2 heteroatoms. The summed E-state index contributed by atoms with van der Waals surface area (Å²) in [6.45, 7) is 7.42. The molecule has 12 heavy (non-hydrogen) atoms. The van der Waals surface area contributed by atoms with Gasteiger partial charge < -0.3 is 4.74 Å². The van der Waals surface area contributed by atoms with Crippen LogP contribution in [-0.4, -0.2) is 7.11 Å². The van der Waals surface area contributed by atoms with Crippen LogP contribution in [0.5, 0.6) is 0 Å². The van der Waals surface area contributed by atoms with Crippen LogP contribution in [0.15, 0.2) is 11.4 Å². The van der Waals surface area contributed by atoms with Gasteiger partial charge in [-0.15, -0.1) is 11.3 Å². The number of hydrogen-bond donors (Lipinski definition) is 0. The van der Waals surface area contributed by atoms with Crippen molar-refractivity contribution in [3.8, 4) is 0 Å². The van der Waals surface area contributed by atoms with Crippen molar-refractivity contribution in [2.45, 2.75) is 32.8 Å². The Labute approximate surface area is 78.4 Å². The Kier molecular flexibility index (Phi) is 2.91. The molecule has 0 saturated heterocycles. The Balaban J connectivity index is 2.77. The zero-order chi connectivity index (χ0) is 9.19. The molecular formula is C10H16OS. The Morgan fingerprint density at radius 3 is 2.50 bits per heavy atom. The second kappa shape index (κ2) is 3.58. The lowest BCUT2D eigenvalue weighted by Gasteiger charge is -2.15. The van der Waals surface area contributed by atoms with Crippen molar-refractivity contribution in [1.82, 2.24) is 0 Å². The van der Waals surface area contributed by atoms with Gasteiger partial charge in [0, 0.05) is 12.0 Å². The third-order valence-electron chi connectivity index (χ3n) is 1.81. The van der Waals surface area contributed by atoms with Crippen molar-refractivity contribution >= 4 is 11.3 Å². The summed E-state index contributed by atoms with van der Waals surface area (Å²) < 4.78 is 5.06. The van der Waals surface area contributed by atoms with Gasteiger partial charge in [-0.1, -0.05) is 20.8 Å². The summed E-state index contributed by atoms with van der Waals surface area (Å²) in [7, 11) is 1.73. The number of thiophene rings is 1. The lowest BCUT2D eigenvalue weighted by atomic mass is 9.89.